The Morgan fingerprint density at radius 2 is 2.19 bits per heavy atom. The van der Waals surface area contributed by atoms with E-state index in [0.717, 1.165) is 16.8 Å². The van der Waals surface area contributed by atoms with E-state index >= 15 is 0 Å². The summed E-state index contributed by atoms with van der Waals surface area (Å²) < 4.78 is 0. The van der Waals surface area contributed by atoms with Crippen molar-refractivity contribution in [3.05, 3.63) is 29.3 Å². The number of nitrogens with two attached hydrogens (primary N) is 2. The summed E-state index contributed by atoms with van der Waals surface area (Å²) in [5, 5.41) is 0. The van der Waals surface area contributed by atoms with E-state index in [1.807, 2.05) is 18.2 Å². The lowest BCUT2D eigenvalue weighted by atomic mass is 10.1. The molecule has 0 bridgehead atoms. The number of benzene rings is 1. The van der Waals surface area contributed by atoms with Crippen molar-refractivity contribution in [3.63, 3.8) is 0 Å². The number of fused-ring (bicyclic) bond motifs is 1. The quantitative estimate of drug-likeness (QED) is 0.719. The van der Waals surface area contributed by atoms with Gasteiger partial charge in [0.05, 0.1) is 6.42 Å². The summed E-state index contributed by atoms with van der Waals surface area (Å²) in [7, 11) is 0. The molecule has 1 aliphatic rings. The van der Waals surface area contributed by atoms with Gasteiger partial charge in [-0.2, -0.15) is 0 Å². The molecule has 0 unspecified atom stereocenters. The minimum Gasteiger partial charge on any atom is -0.368 e. The summed E-state index contributed by atoms with van der Waals surface area (Å²) in [4.78, 5) is 23.9. The van der Waals surface area contributed by atoms with E-state index in [1.165, 1.54) is 4.90 Å². The summed E-state index contributed by atoms with van der Waals surface area (Å²) >= 11 is 0. The lowest BCUT2D eigenvalue weighted by Crippen LogP contribution is -2.35. The maximum Gasteiger partial charge on any atom is 0.237 e. The average Bonchev–Trinajstić information content (AvgIpc) is 2.54. The van der Waals surface area contributed by atoms with Gasteiger partial charge in [0.1, 0.15) is 6.54 Å². The Balaban J connectivity index is 2.34. The van der Waals surface area contributed by atoms with Crippen LogP contribution >= 0.6 is 0 Å². The van der Waals surface area contributed by atoms with Crippen LogP contribution in [0.2, 0.25) is 0 Å². The molecule has 1 heterocycles. The van der Waals surface area contributed by atoms with Gasteiger partial charge in [0, 0.05) is 12.2 Å². The van der Waals surface area contributed by atoms with Crippen LogP contribution in [0.25, 0.3) is 0 Å². The number of carbonyl (C=O) groups is 2. The first-order valence-electron chi connectivity index (χ1n) is 5.02. The highest BCUT2D eigenvalue weighted by molar-refractivity contribution is 6.04. The molecule has 2 rings (SSSR count). The summed E-state index contributed by atoms with van der Waals surface area (Å²) in [6, 6.07) is 5.56. The summed E-state index contributed by atoms with van der Waals surface area (Å²) in [6.07, 6.45) is 0.316. The third-order valence-electron chi connectivity index (χ3n) is 2.63. The van der Waals surface area contributed by atoms with E-state index in [4.69, 9.17) is 11.5 Å². The number of rotatable bonds is 3. The van der Waals surface area contributed by atoms with Gasteiger partial charge >= 0.3 is 0 Å². The molecule has 2 amide bonds. The van der Waals surface area contributed by atoms with E-state index in [2.05, 4.69) is 0 Å². The molecule has 1 aromatic carbocycles. The summed E-state index contributed by atoms with van der Waals surface area (Å²) in [6.45, 7) is 0.380. The number of anilines is 1. The predicted octanol–water partition coefficient (Wildman–Crippen LogP) is -0.480. The largest absolute Gasteiger partial charge is 0.368 e. The van der Waals surface area contributed by atoms with Crippen LogP contribution in [-0.4, -0.2) is 18.4 Å². The van der Waals surface area contributed by atoms with Crippen molar-refractivity contribution in [2.45, 2.75) is 13.0 Å². The van der Waals surface area contributed by atoms with Crippen molar-refractivity contribution in [2.24, 2.45) is 11.5 Å². The van der Waals surface area contributed by atoms with Gasteiger partial charge < -0.3 is 16.4 Å². The van der Waals surface area contributed by atoms with Gasteiger partial charge in [-0.25, -0.2) is 0 Å². The molecule has 0 radical (unpaired) electrons. The maximum absolute atomic E-state index is 11.7. The molecule has 4 N–H and O–H groups in total. The number of primary amides is 1. The Kier molecular flexibility index (Phi) is 2.62. The van der Waals surface area contributed by atoms with Crippen molar-refractivity contribution >= 4 is 17.5 Å². The van der Waals surface area contributed by atoms with Crippen LogP contribution in [0.4, 0.5) is 5.69 Å². The summed E-state index contributed by atoms with van der Waals surface area (Å²) in [5.74, 6) is -0.605. The second kappa shape index (κ2) is 3.94. The van der Waals surface area contributed by atoms with Gasteiger partial charge in [0.2, 0.25) is 11.8 Å². The topological polar surface area (TPSA) is 89.4 Å². The molecule has 0 aliphatic carbocycles. The van der Waals surface area contributed by atoms with Crippen LogP contribution in [0.1, 0.15) is 11.1 Å². The van der Waals surface area contributed by atoms with Crippen LogP contribution in [0.5, 0.6) is 0 Å². The first-order chi connectivity index (χ1) is 7.61. The van der Waals surface area contributed by atoms with Gasteiger partial charge in [-0.05, 0) is 17.2 Å². The highest BCUT2D eigenvalue weighted by atomic mass is 16.2. The fourth-order valence-electron chi connectivity index (χ4n) is 1.89. The second-order valence-corrected chi connectivity index (χ2v) is 3.79. The standard InChI is InChI=1S/C11H13N3O2/c12-5-7-1-2-9-8(3-7)4-11(16)14(9)6-10(13)15/h1-3H,4-6,12H2,(H2,13,15). The Morgan fingerprint density at radius 1 is 1.44 bits per heavy atom. The van der Waals surface area contributed by atoms with Crippen molar-refractivity contribution < 1.29 is 9.59 Å². The lowest BCUT2D eigenvalue weighted by molar-refractivity contribution is -0.121. The normalized spacial score (nSPS) is 14.1. The Bertz CT molecular complexity index is 457. The molecule has 0 aromatic heterocycles. The van der Waals surface area contributed by atoms with Gasteiger partial charge in [-0.15, -0.1) is 0 Å². The smallest absolute Gasteiger partial charge is 0.237 e. The predicted molar refractivity (Wildman–Crippen MR) is 59.6 cm³/mol. The van der Waals surface area contributed by atoms with Gasteiger partial charge in [-0.1, -0.05) is 12.1 Å². The van der Waals surface area contributed by atoms with Gasteiger partial charge in [-0.3, -0.25) is 9.59 Å². The molecule has 0 atom stereocenters. The molecule has 0 spiro atoms. The molecule has 0 saturated heterocycles. The molecule has 0 fully saturated rings. The third kappa shape index (κ3) is 1.77. The maximum atomic E-state index is 11.7. The zero-order chi connectivity index (χ0) is 11.7. The van der Waals surface area contributed by atoms with Crippen molar-refractivity contribution in [1.82, 2.24) is 0 Å². The number of hydrogen-bond acceptors (Lipinski definition) is 3. The van der Waals surface area contributed by atoms with Gasteiger partial charge in [0.15, 0.2) is 0 Å². The second-order valence-electron chi connectivity index (χ2n) is 3.79. The first-order valence-corrected chi connectivity index (χ1v) is 5.02. The molecule has 0 saturated carbocycles. The molecule has 16 heavy (non-hydrogen) atoms. The monoisotopic (exact) mass is 219 g/mol. The van der Waals surface area contributed by atoms with Crippen molar-refractivity contribution in [3.8, 4) is 0 Å². The Morgan fingerprint density at radius 3 is 2.81 bits per heavy atom. The van der Waals surface area contributed by atoms with Crippen molar-refractivity contribution in [2.75, 3.05) is 11.4 Å². The van der Waals surface area contributed by atoms with Crippen LogP contribution < -0.4 is 16.4 Å². The van der Waals surface area contributed by atoms with Crippen LogP contribution in [0.3, 0.4) is 0 Å². The summed E-state index contributed by atoms with van der Waals surface area (Å²) in [5.41, 5.74) is 13.3. The Hall–Kier alpha value is -1.88. The zero-order valence-electron chi connectivity index (χ0n) is 8.77. The van der Waals surface area contributed by atoms with E-state index in [-0.39, 0.29) is 12.5 Å². The zero-order valence-corrected chi connectivity index (χ0v) is 8.77. The van der Waals surface area contributed by atoms with Gasteiger partial charge in [0.25, 0.3) is 0 Å². The number of amides is 2. The average molecular weight is 219 g/mol. The van der Waals surface area contributed by atoms with E-state index in [1.54, 1.807) is 0 Å². The highest BCUT2D eigenvalue weighted by Gasteiger charge is 2.28. The fourth-order valence-corrected chi connectivity index (χ4v) is 1.89. The third-order valence-corrected chi connectivity index (χ3v) is 2.63. The van der Waals surface area contributed by atoms with Crippen LogP contribution in [0, 0.1) is 0 Å². The van der Waals surface area contributed by atoms with E-state index in [9.17, 15) is 9.59 Å². The number of nitrogens with zero attached hydrogens (tertiary/aromatic N) is 1. The Labute approximate surface area is 93.0 Å². The first kappa shape index (κ1) is 10.6. The minimum absolute atomic E-state index is 0.0617. The fraction of sp³-hybridized carbons (Fsp3) is 0.273. The van der Waals surface area contributed by atoms with E-state index in [0.29, 0.717) is 13.0 Å². The lowest BCUT2D eigenvalue weighted by Gasteiger charge is -2.15. The van der Waals surface area contributed by atoms with Crippen molar-refractivity contribution in [1.29, 1.82) is 0 Å². The molecule has 1 aliphatic heterocycles. The molecule has 5 heteroatoms. The number of carbonyl (C=O) groups excluding carboxylic acids is 2. The van der Waals surface area contributed by atoms with Crippen LogP contribution in [-0.2, 0) is 22.6 Å². The highest BCUT2D eigenvalue weighted by Crippen LogP contribution is 2.29. The SMILES string of the molecule is NCc1ccc2c(c1)CC(=O)N2CC(N)=O. The number of hydrogen-bond donors (Lipinski definition) is 2. The van der Waals surface area contributed by atoms with Crippen LogP contribution in [0.15, 0.2) is 18.2 Å². The molecular weight excluding hydrogens is 206 g/mol. The molecule has 84 valence electrons. The van der Waals surface area contributed by atoms with E-state index < -0.39 is 5.91 Å². The molecular formula is C11H13N3O2. The molecule has 5 nitrogen and oxygen atoms in total. The minimum atomic E-state index is -0.510. The molecule has 1 aromatic rings.